The van der Waals surface area contributed by atoms with Crippen molar-refractivity contribution < 1.29 is 24.0 Å². The molecule has 2 atom stereocenters. The van der Waals surface area contributed by atoms with Gasteiger partial charge in [-0.15, -0.1) is 0 Å². The zero-order valence-corrected chi connectivity index (χ0v) is 9.73. The minimum atomic E-state index is 0. The van der Waals surface area contributed by atoms with E-state index >= 15 is 0 Å². The molecule has 0 fully saturated rings. The van der Waals surface area contributed by atoms with Crippen LogP contribution in [0.15, 0.2) is 42.5 Å². The van der Waals surface area contributed by atoms with E-state index in [0.29, 0.717) is 12.0 Å². The molecule has 1 aromatic carbocycles. The number of nitrogens with one attached hydrogen (secondary N) is 1. The van der Waals surface area contributed by atoms with E-state index in [-0.39, 0.29) is 24.0 Å². The summed E-state index contributed by atoms with van der Waals surface area (Å²) in [6, 6.07) is 8.92. The molecule has 1 aliphatic carbocycles. The number of halogens is 1. The lowest BCUT2D eigenvalue weighted by molar-refractivity contribution is -0.00000246. The maximum atomic E-state index is 3.48. The monoisotopic (exact) mass is 295 g/mol. The van der Waals surface area contributed by atoms with Crippen LogP contribution in [0, 0.1) is 6.08 Å². The fourth-order valence-corrected chi connectivity index (χ4v) is 2.06. The topological polar surface area (TPSA) is 12.0 Å². The molecule has 2 unspecified atom stereocenters. The molecule has 0 spiro atoms. The molecule has 0 radical (unpaired) electrons. The van der Waals surface area contributed by atoms with Gasteiger partial charge in [0, 0.05) is 5.69 Å². The summed E-state index contributed by atoms with van der Waals surface area (Å²) in [5.74, 6) is 0.487. The second-order valence-electron chi connectivity index (χ2n) is 3.48. The molecule has 1 N–H and O–H groups in total. The highest BCUT2D eigenvalue weighted by atomic mass is 127. The van der Waals surface area contributed by atoms with Crippen LogP contribution in [0.2, 0.25) is 0 Å². The van der Waals surface area contributed by atoms with Crippen molar-refractivity contribution in [2.24, 2.45) is 0 Å². The van der Waals surface area contributed by atoms with E-state index < -0.39 is 0 Å². The summed E-state index contributed by atoms with van der Waals surface area (Å²) in [5.41, 5.74) is 2.66. The van der Waals surface area contributed by atoms with E-state index in [1.54, 1.807) is 0 Å². The lowest BCUT2D eigenvalue weighted by atomic mass is 9.92. The molecule has 1 heterocycles. The van der Waals surface area contributed by atoms with Gasteiger partial charge in [-0.25, -0.2) is 0 Å². The Labute approximate surface area is 101 Å². The Bertz CT molecular complexity index is 395. The summed E-state index contributed by atoms with van der Waals surface area (Å²) in [6.07, 6.45) is 9.45. The maximum absolute atomic E-state index is 3.48. The lowest BCUT2D eigenvalue weighted by Crippen LogP contribution is -3.00. The quantitative estimate of drug-likeness (QED) is 0.502. The van der Waals surface area contributed by atoms with Gasteiger partial charge in [0.1, 0.15) is 6.04 Å². The number of anilines is 1. The molecule has 0 aromatic heterocycles. The highest BCUT2D eigenvalue weighted by Gasteiger charge is 2.33. The Morgan fingerprint density at radius 2 is 2.07 bits per heavy atom. The number of benzene rings is 1. The minimum absolute atomic E-state index is 0. The first kappa shape index (κ1) is 9.69. The van der Waals surface area contributed by atoms with E-state index in [1.807, 2.05) is 6.08 Å². The van der Waals surface area contributed by atoms with E-state index in [9.17, 15) is 0 Å². The van der Waals surface area contributed by atoms with Crippen molar-refractivity contribution in [1.82, 2.24) is 0 Å². The van der Waals surface area contributed by atoms with E-state index in [4.69, 9.17) is 0 Å². The van der Waals surface area contributed by atoms with E-state index in [2.05, 4.69) is 47.8 Å². The maximum Gasteiger partial charge on any atom is 0.157 e. The second kappa shape index (κ2) is 3.71. The fraction of sp³-hybridized carbons (Fsp3) is 0.167. The Morgan fingerprint density at radius 1 is 1.21 bits per heavy atom. The van der Waals surface area contributed by atoms with Crippen LogP contribution in [-0.2, 0) is 0 Å². The lowest BCUT2D eigenvalue weighted by Gasteiger charge is -2.07. The number of allylic oxidation sites excluding steroid dienone is 2. The van der Waals surface area contributed by atoms with Crippen molar-refractivity contribution in [2.45, 2.75) is 12.0 Å². The van der Waals surface area contributed by atoms with Gasteiger partial charge in [-0.05, 0) is 11.6 Å². The van der Waals surface area contributed by atoms with E-state index in [1.165, 1.54) is 11.3 Å². The zero-order chi connectivity index (χ0) is 8.67. The molecule has 1 aliphatic heterocycles. The zero-order valence-electron chi connectivity index (χ0n) is 7.57. The van der Waals surface area contributed by atoms with Gasteiger partial charge in [-0.1, -0.05) is 18.2 Å². The van der Waals surface area contributed by atoms with Crippen molar-refractivity contribution in [3.05, 3.63) is 54.1 Å². The van der Waals surface area contributed by atoms with Crippen LogP contribution in [0.5, 0.6) is 0 Å². The van der Waals surface area contributed by atoms with Crippen molar-refractivity contribution in [2.75, 3.05) is 5.32 Å². The predicted molar refractivity (Wildman–Crippen MR) is 53.5 cm³/mol. The number of hydrogen-bond acceptors (Lipinski definition) is 1. The van der Waals surface area contributed by atoms with E-state index in [0.717, 1.165) is 0 Å². The number of hydrogen-bond donors (Lipinski definition) is 1. The highest BCUT2D eigenvalue weighted by molar-refractivity contribution is 5.62. The summed E-state index contributed by atoms with van der Waals surface area (Å²) < 4.78 is 0. The summed E-state index contributed by atoms with van der Waals surface area (Å²) in [4.78, 5) is 0. The molecule has 1 nitrogen and oxygen atoms in total. The summed E-state index contributed by atoms with van der Waals surface area (Å²) in [7, 11) is 0. The molecule has 0 saturated carbocycles. The van der Waals surface area contributed by atoms with Crippen LogP contribution in [0.3, 0.4) is 0 Å². The molecule has 3 rings (SSSR count). The third kappa shape index (κ3) is 1.35. The average Bonchev–Trinajstić information content (AvgIpc) is 2.56. The van der Waals surface area contributed by atoms with Crippen LogP contribution >= 0.6 is 0 Å². The highest BCUT2D eigenvalue weighted by Crippen LogP contribution is 2.38. The fourth-order valence-electron chi connectivity index (χ4n) is 2.06. The third-order valence-corrected chi connectivity index (χ3v) is 2.70. The Kier molecular flexibility index (Phi) is 2.57. The minimum Gasteiger partial charge on any atom is -1.00 e. The standard InChI is InChI=1S/C12H10N.HI/c1-3-7-11-9(5-1)10-6-2-4-8-12(10)13-11;/h1,3-8,10,12-13H;1H/q+1;/p-1. The van der Waals surface area contributed by atoms with Gasteiger partial charge in [-0.2, -0.15) is 0 Å². The molecular formula is C12H10IN. The Hall–Kier alpha value is -0.860. The van der Waals surface area contributed by atoms with Crippen LogP contribution in [0.25, 0.3) is 0 Å². The van der Waals surface area contributed by atoms with Crippen molar-refractivity contribution >= 4 is 5.69 Å². The van der Waals surface area contributed by atoms with Crippen molar-refractivity contribution in [1.29, 1.82) is 0 Å². The summed E-state index contributed by atoms with van der Waals surface area (Å²) >= 11 is 0. The summed E-state index contributed by atoms with van der Waals surface area (Å²) in [6.45, 7) is 0. The molecule has 2 aliphatic rings. The Balaban J connectivity index is 0.000000750. The molecule has 0 bridgehead atoms. The van der Waals surface area contributed by atoms with Gasteiger partial charge >= 0.3 is 0 Å². The molecule has 1 aromatic rings. The van der Waals surface area contributed by atoms with Gasteiger partial charge < -0.3 is 29.3 Å². The SMILES string of the molecule is [C+]1=CC2c3ccccc3NC2C=C1.[I-]. The molecular weight excluding hydrogens is 285 g/mol. The van der Waals surface area contributed by atoms with Crippen LogP contribution in [0.4, 0.5) is 5.69 Å². The number of fused-ring (bicyclic) bond motifs is 3. The molecule has 0 amide bonds. The largest absolute Gasteiger partial charge is 1.00 e. The first-order valence-electron chi connectivity index (χ1n) is 4.57. The van der Waals surface area contributed by atoms with Crippen LogP contribution in [0.1, 0.15) is 11.5 Å². The van der Waals surface area contributed by atoms with Gasteiger partial charge in [-0.3, -0.25) is 0 Å². The van der Waals surface area contributed by atoms with Gasteiger partial charge in [0.2, 0.25) is 0 Å². The second-order valence-corrected chi connectivity index (χ2v) is 3.48. The smallest absolute Gasteiger partial charge is 0.157 e. The Morgan fingerprint density at radius 3 is 3.00 bits per heavy atom. The molecule has 14 heavy (non-hydrogen) atoms. The predicted octanol–water partition coefficient (Wildman–Crippen LogP) is -0.503. The summed E-state index contributed by atoms with van der Waals surface area (Å²) in [5, 5.41) is 3.48. The molecule has 70 valence electrons. The average molecular weight is 295 g/mol. The first-order chi connectivity index (χ1) is 6.45. The van der Waals surface area contributed by atoms with Gasteiger partial charge in [0.15, 0.2) is 6.08 Å². The first-order valence-corrected chi connectivity index (χ1v) is 4.57. The van der Waals surface area contributed by atoms with Gasteiger partial charge in [0.25, 0.3) is 0 Å². The number of para-hydroxylation sites is 1. The number of rotatable bonds is 0. The normalized spacial score (nSPS) is 25.4. The third-order valence-electron chi connectivity index (χ3n) is 2.70. The van der Waals surface area contributed by atoms with Crippen molar-refractivity contribution in [3.63, 3.8) is 0 Å². The molecule has 0 saturated heterocycles. The van der Waals surface area contributed by atoms with Crippen molar-refractivity contribution in [3.8, 4) is 0 Å². The van der Waals surface area contributed by atoms with Crippen LogP contribution < -0.4 is 29.3 Å². The molecule has 2 heteroatoms. The van der Waals surface area contributed by atoms with Gasteiger partial charge in [0.05, 0.1) is 24.1 Å². The van der Waals surface area contributed by atoms with Crippen LogP contribution in [-0.4, -0.2) is 6.04 Å².